The summed E-state index contributed by atoms with van der Waals surface area (Å²) in [4.78, 5) is 16.1. The Morgan fingerprint density at radius 3 is 2.21 bits per heavy atom. The summed E-state index contributed by atoms with van der Waals surface area (Å²) in [5.74, 6) is -2.15. The number of alkyl halides is 2. The summed E-state index contributed by atoms with van der Waals surface area (Å²) < 4.78 is 53.5. The Labute approximate surface area is 162 Å². The normalized spacial score (nSPS) is 16.0. The number of carbonyl (C=O) groups excluding carboxylic acids is 1. The number of halogens is 2. The molecular weight excluding hydrogens is 390 g/mol. The zero-order valence-corrected chi connectivity index (χ0v) is 16.5. The van der Waals surface area contributed by atoms with Crippen LogP contribution in [0.5, 0.6) is 0 Å². The van der Waals surface area contributed by atoms with Crippen molar-refractivity contribution in [1.82, 2.24) is 9.80 Å². The van der Waals surface area contributed by atoms with E-state index < -0.39 is 15.6 Å². The maximum Gasteiger partial charge on any atom is 0.341 e. The van der Waals surface area contributed by atoms with Crippen molar-refractivity contribution in [2.45, 2.75) is 31.0 Å². The molecule has 2 aromatic rings. The van der Waals surface area contributed by atoms with Gasteiger partial charge in [0, 0.05) is 32.7 Å². The maximum atomic E-state index is 12.6. The van der Waals surface area contributed by atoms with E-state index in [4.69, 9.17) is 4.42 Å². The first-order valence-electron chi connectivity index (χ1n) is 8.88. The fourth-order valence-corrected chi connectivity index (χ4v) is 3.99. The van der Waals surface area contributed by atoms with Crippen LogP contribution in [-0.4, -0.2) is 56.1 Å². The van der Waals surface area contributed by atoms with Crippen molar-refractivity contribution in [3.8, 4) is 0 Å². The number of nitrogens with zero attached hydrogens (tertiary/aromatic N) is 2. The van der Waals surface area contributed by atoms with Crippen molar-refractivity contribution in [3.63, 3.8) is 0 Å². The Morgan fingerprint density at radius 1 is 1.11 bits per heavy atom. The van der Waals surface area contributed by atoms with Gasteiger partial charge in [-0.2, -0.15) is 8.78 Å². The van der Waals surface area contributed by atoms with Gasteiger partial charge in [-0.1, -0.05) is 12.1 Å². The molecule has 1 amide bonds. The molecule has 0 bridgehead atoms. The number of amides is 1. The second kappa shape index (κ2) is 8.00. The van der Waals surface area contributed by atoms with Gasteiger partial charge in [0.25, 0.3) is 5.91 Å². The van der Waals surface area contributed by atoms with E-state index in [1.165, 1.54) is 12.1 Å². The number of hydrogen-bond acceptors (Lipinski definition) is 5. The van der Waals surface area contributed by atoms with Crippen LogP contribution < -0.4 is 0 Å². The van der Waals surface area contributed by atoms with Crippen molar-refractivity contribution < 1.29 is 26.4 Å². The molecule has 1 aliphatic rings. The highest BCUT2D eigenvalue weighted by molar-refractivity contribution is 7.91. The number of hydrogen-bond donors (Lipinski definition) is 0. The molecule has 1 fully saturated rings. The summed E-state index contributed by atoms with van der Waals surface area (Å²) >= 11 is 0. The van der Waals surface area contributed by atoms with Crippen LogP contribution >= 0.6 is 0 Å². The largest absolute Gasteiger partial charge is 0.466 e. The van der Waals surface area contributed by atoms with Gasteiger partial charge < -0.3 is 9.32 Å². The summed E-state index contributed by atoms with van der Waals surface area (Å²) in [6.45, 7) is 6.60. The lowest BCUT2D eigenvalue weighted by molar-refractivity contribution is 0.0626. The Hall–Kier alpha value is -2.26. The number of aryl methyl sites for hydroxylation is 2. The van der Waals surface area contributed by atoms with Gasteiger partial charge in [0.05, 0.1) is 10.5 Å². The molecule has 0 radical (unpaired) electrons. The predicted molar refractivity (Wildman–Crippen MR) is 99.0 cm³/mol. The average molecular weight is 412 g/mol. The summed E-state index contributed by atoms with van der Waals surface area (Å²) in [5, 5.41) is 0. The van der Waals surface area contributed by atoms with Gasteiger partial charge in [-0.15, -0.1) is 0 Å². The first-order chi connectivity index (χ1) is 13.2. The highest BCUT2D eigenvalue weighted by Gasteiger charge is 2.27. The number of sulfone groups is 1. The topological polar surface area (TPSA) is 70.8 Å². The molecule has 0 aliphatic carbocycles. The molecule has 2 heterocycles. The molecule has 0 spiro atoms. The molecule has 3 rings (SSSR count). The molecule has 9 heteroatoms. The average Bonchev–Trinajstić information content (AvgIpc) is 3.00. The van der Waals surface area contributed by atoms with E-state index in [0.29, 0.717) is 49.8 Å². The maximum absolute atomic E-state index is 12.6. The molecule has 1 saturated heterocycles. The molecule has 0 atom stereocenters. The van der Waals surface area contributed by atoms with Crippen LogP contribution in [0, 0.1) is 13.8 Å². The number of piperazine rings is 1. The van der Waals surface area contributed by atoms with Gasteiger partial charge in [-0.3, -0.25) is 9.69 Å². The van der Waals surface area contributed by atoms with E-state index in [2.05, 4.69) is 4.90 Å². The monoisotopic (exact) mass is 412 g/mol. The molecule has 1 aromatic heterocycles. The fraction of sp³-hybridized carbons (Fsp3) is 0.421. The Morgan fingerprint density at radius 2 is 1.71 bits per heavy atom. The number of furan rings is 1. The highest BCUT2D eigenvalue weighted by atomic mass is 32.2. The van der Waals surface area contributed by atoms with Gasteiger partial charge in [0.1, 0.15) is 11.5 Å². The molecule has 1 aliphatic heterocycles. The summed E-state index contributed by atoms with van der Waals surface area (Å²) in [6, 6.07) is 7.26. The first-order valence-corrected chi connectivity index (χ1v) is 10.4. The molecule has 6 nitrogen and oxygen atoms in total. The molecule has 1 aromatic carbocycles. The van der Waals surface area contributed by atoms with Crippen molar-refractivity contribution >= 4 is 15.7 Å². The molecule has 28 heavy (non-hydrogen) atoms. The number of carbonyl (C=O) groups is 1. The quantitative estimate of drug-likeness (QED) is 0.755. The van der Waals surface area contributed by atoms with Crippen LogP contribution in [0.1, 0.15) is 27.4 Å². The van der Waals surface area contributed by atoms with Crippen LogP contribution in [0.3, 0.4) is 0 Å². The van der Waals surface area contributed by atoms with Gasteiger partial charge in [-0.25, -0.2) is 8.42 Å². The van der Waals surface area contributed by atoms with Crippen molar-refractivity contribution in [2.24, 2.45) is 0 Å². The van der Waals surface area contributed by atoms with Crippen LogP contribution in [-0.2, 0) is 16.4 Å². The zero-order chi connectivity index (χ0) is 20.5. The van der Waals surface area contributed by atoms with Crippen LogP contribution in [0.25, 0.3) is 0 Å². The minimum Gasteiger partial charge on any atom is -0.466 e. The molecule has 152 valence electrons. The lowest BCUT2D eigenvalue weighted by atomic mass is 10.1. The lowest BCUT2D eigenvalue weighted by Crippen LogP contribution is -2.48. The van der Waals surface area contributed by atoms with E-state index in [0.717, 1.165) is 5.56 Å². The minimum atomic E-state index is -4.57. The lowest BCUT2D eigenvalue weighted by Gasteiger charge is -2.34. The SMILES string of the molecule is Cc1cc(C(=O)N2CCN(Cc3ccc(S(=O)(=O)C(F)F)cc3)CC2)c(C)o1. The van der Waals surface area contributed by atoms with Gasteiger partial charge in [-0.05, 0) is 37.6 Å². The molecular formula is C19H22F2N2O4S. The van der Waals surface area contributed by atoms with E-state index in [9.17, 15) is 22.0 Å². The van der Waals surface area contributed by atoms with Crippen LogP contribution in [0.2, 0.25) is 0 Å². The third-order valence-electron chi connectivity index (χ3n) is 4.82. The van der Waals surface area contributed by atoms with Crippen molar-refractivity contribution in [2.75, 3.05) is 26.2 Å². The predicted octanol–water partition coefficient (Wildman–Crippen LogP) is 2.85. The minimum absolute atomic E-state index is 0.0458. The second-order valence-electron chi connectivity index (χ2n) is 6.84. The fourth-order valence-electron chi connectivity index (χ4n) is 3.27. The van der Waals surface area contributed by atoms with Crippen LogP contribution in [0.4, 0.5) is 8.78 Å². The van der Waals surface area contributed by atoms with E-state index >= 15 is 0 Å². The van der Waals surface area contributed by atoms with Crippen molar-refractivity contribution in [1.29, 1.82) is 0 Å². The Balaban J connectivity index is 1.57. The summed E-state index contributed by atoms with van der Waals surface area (Å²) in [5.41, 5.74) is 1.41. The van der Waals surface area contributed by atoms with Crippen molar-refractivity contribution in [3.05, 3.63) is 53.0 Å². The van der Waals surface area contributed by atoms with E-state index in [-0.39, 0.29) is 10.8 Å². The third-order valence-corrected chi connectivity index (χ3v) is 6.22. The van der Waals surface area contributed by atoms with Gasteiger partial charge in [0.15, 0.2) is 0 Å². The summed E-state index contributed by atoms with van der Waals surface area (Å²) in [6.07, 6.45) is 0. The second-order valence-corrected chi connectivity index (χ2v) is 8.76. The Kier molecular flexibility index (Phi) is 5.85. The van der Waals surface area contributed by atoms with Gasteiger partial charge >= 0.3 is 5.76 Å². The first kappa shape index (κ1) is 20.5. The molecule has 0 unspecified atom stereocenters. The molecule has 0 N–H and O–H groups in total. The number of rotatable bonds is 5. The standard InChI is InChI=1S/C19H22F2N2O4S/c1-13-11-17(14(2)27-13)18(24)23-9-7-22(8-10-23)12-15-3-5-16(6-4-15)28(25,26)19(20)21/h3-6,11,19H,7-10,12H2,1-2H3. The van der Waals surface area contributed by atoms with Gasteiger partial charge in [0.2, 0.25) is 9.84 Å². The van der Waals surface area contributed by atoms with E-state index in [1.54, 1.807) is 36.9 Å². The Bertz CT molecular complexity index is 947. The molecule has 0 saturated carbocycles. The van der Waals surface area contributed by atoms with Crippen LogP contribution in [0.15, 0.2) is 39.6 Å². The summed E-state index contributed by atoms with van der Waals surface area (Å²) in [7, 11) is -4.57. The third kappa shape index (κ3) is 4.25. The number of benzene rings is 1. The smallest absolute Gasteiger partial charge is 0.341 e. The highest BCUT2D eigenvalue weighted by Crippen LogP contribution is 2.20. The van der Waals surface area contributed by atoms with E-state index in [1.807, 2.05) is 0 Å². The zero-order valence-electron chi connectivity index (χ0n) is 15.7.